The number of nitrogens with zero attached hydrogens (tertiary/aromatic N) is 3. The molecule has 0 fully saturated rings. The van der Waals surface area contributed by atoms with Gasteiger partial charge in [0.1, 0.15) is 24.6 Å². The Balaban J connectivity index is 1.56. The van der Waals surface area contributed by atoms with Crippen molar-refractivity contribution >= 4 is 10.9 Å². The first-order valence-electron chi connectivity index (χ1n) is 11.5. The van der Waals surface area contributed by atoms with Gasteiger partial charge in [-0.15, -0.1) is 10.2 Å². The van der Waals surface area contributed by atoms with Gasteiger partial charge in [0.25, 0.3) is 0 Å². The summed E-state index contributed by atoms with van der Waals surface area (Å²) in [6, 6.07) is 18.4. The predicted octanol–water partition coefficient (Wildman–Crippen LogP) is 5.35. The van der Waals surface area contributed by atoms with Gasteiger partial charge in [-0.2, -0.15) is 0 Å². The molecule has 0 amide bonds. The maximum Gasteiger partial charge on any atom is 0.163 e. The van der Waals surface area contributed by atoms with Crippen molar-refractivity contribution in [2.75, 3.05) is 27.4 Å². The topological polar surface area (TPSA) is 67.6 Å². The number of hydrogen-bond acceptors (Lipinski definition) is 6. The molecule has 176 valence electrons. The summed E-state index contributed by atoms with van der Waals surface area (Å²) in [7, 11) is 3.26. The standard InChI is InChI=1S/C28H25N3O4/c1-17-4-6-18(7-5-17)15-31-16-21-27(19-8-9-23(32-2)24(12-19)33-3)29-30-28(21)20-13-25-26(14-22(20)31)35-11-10-34-25/h4-9,12-14,16H,10-11,15H2,1-3H3. The third-order valence-electron chi connectivity index (χ3n) is 6.40. The summed E-state index contributed by atoms with van der Waals surface area (Å²) in [5.41, 5.74) is 6.92. The van der Waals surface area contributed by atoms with Crippen molar-refractivity contribution in [1.29, 1.82) is 0 Å². The largest absolute Gasteiger partial charge is 0.493 e. The van der Waals surface area contributed by atoms with Crippen LogP contribution in [0.15, 0.2) is 60.8 Å². The molecule has 3 heterocycles. The second kappa shape index (κ2) is 8.51. The Morgan fingerprint density at radius 3 is 2.29 bits per heavy atom. The van der Waals surface area contributed by atoms with Crippen LogP contribution in [-0.4, -0.2) is 42.2 Å². The van der Waals surface area contributed by atoms with Crippen LogP contribution in [0.4, 0.5) is 0 Å². The van der Waals surface area contributed by atoms with Crippen molar-refractivity contribution < 1.29 is 18.9 Å². The molecule has 6 rings (SSSR count). The van der Waals surface area contributed by atoms with Gasteiger partial charge in [-0.25, -0.2) is 0 Å². The van der Waals surface area contributed by atoms with Gasteiger partial charge in [-0.1, -0.05) is 29.8 Å². The second-order valence-corrected chi connectivity index (χ2v) is 8.64. The number of hydrogen-bond donors (Lipinski definition) is 0. The van der Waals surface area contributed by atoms with Crippen LogP contribution in [0.1, 0.15) is 11.1 Å². The van der Waals surface area contributed by atoms with Gasteiger partial charge in [-0.05, 0) is 36.8 Å². The molecule has 0 bridgehead atoms. The Bertz CT molecular complexity index is 1510. The Morgan fingerprint density at radius 1 is 0.829 bits per heavy atom. The lowest BCUT2D eigenvalue weighted by molar-refractivity contribution is 0.172. The summed E-state index contributed by atoms with van der Waals surface area (Å²) < 4.78 is 24.9. The first kappa shape index (κ1) is 21.3. The third kappa shape index (κ3) is 3.69. The summed E-state index contributed by atoms with van der Waals surface area (Å²) in [5, 5.41) is 10.2. The predicted molar refractivity (Wildman–Crippen MR) is 134 cm³/mol. The fraction of sp³-hybridized carbons (Fsp3) is 0.214. The van der Waals surface area contributed by atoms with Crippen LogP contribution >= 0.6 is 0 Å². The van der Waals surface area contributed by atoms with Crippen molar-refractivity contribution in [1.82, 2.24) is 14.8 Å². The normalized spacial score (nSPS) is 12.8. The fourth-order valence-corrected chi connectivity index (χ4v) is 4.59. The number of rotatable bonds is 5. The highest BCUT2D eigenvalue weighted by Crippen LogP contribution is 2.43. The van der Waals surface area contributed by atoms with Crippen molar-refractivity contribution in [3.05, 3.63) is 71.9 Å². The molecule has 0 radical (unpaired) electrons. The van der Waals surface area contributed by atoms with E-state index in [9.17, 15) is 0 Å². The number of benzene rings is 3. The molecular weight excluding hydrogens is 442 g/mol. The first-order chi connectivity index (χ1) is 17.1. The highest BCUT2D eigenvalue weighted by Gasteiger charge is 2.24. The van der Waals surface area contributed by atoms with Gasteiger partial charge in [0.05, 0.1) is 19.7 Å². The van der Waals surface area contributed by atoms with Gasteiger partial charge in [0, 0.05) is 35.3 Å². The minimum Gasteiger partial charge on any atom is -0.493 e. The first-order valence-corrected chi connectivity index (χ1v) is 11.5. The molecule has 0 aromatic heterocycles. The molecule has 0 N–H and O–H groups in total. The molecule has 3 aromatic carbocycles. The van der Waals surface area contributed by atoms with E-state index in [1.807, 2.05) is 30.3 Å². The summed E-state index contributed by atoms with van der Waals surface area (Å²) in [6.07, 6.45) is 2.12. The molecular formula is C28H25N3O4. The molecule has 3 aromatic rings. The van der Waals surface area contributed by atoms with E-state index in [4.69, 9.17) is 18.9 Å². The molecule has 0 aliphatic carbocycles. The monoisotopic (exact) mass is 467 g/mol. The summed E-state index contributed by atoms with van der Waals surface area (Å²) in [4.78, 5) is 0. The van der Waals surface area contributed by atoms with E-state index < -0.39 is 0 Å². The number of fused-ring (bicyclic) bond motifs is 4. The minimum absolute atomic E-state index is 0.529. The molecule has 0 atom stereocenters. The second-order valence-electron chi connectivity index (χ2n) is 8.64. The molecule has 0 saturated heterocycles. The molecule has 0 unspecified atom stereocenters. The lowest BCUT2D eigenvalue weighted by atomic mass is 10.0. The fourth-order valence-electron chi connectivity index (χ4n) is 4.59. The highest BCUT2D eigenvalue weighted by atomic mass is 16.6. The zero-order valence-corrected chi connectivity index (χ0v) is 19.9. The Morgan fingerprint density at radius 2 is 1.54 bits per heavy atom. The average molecular weight is 468 g/mol. The Labute approximate surface area is 203 Å². The minimum atomic E-state index is 0.529. The lowest BCUT2D eigenvalue weighted by Crippen LogP contribution is -2.15. The number of aromatic nitrogens is 3. The SMILES string of the molecule is COc1ccc(-c2nnc3c4cc5c(cc4n(Cc4ccc(C)cc4)cc2-3)OCCO5)cc1OC. The van der Waals surface area contributed by atoms with E-state index >= 15 is 0 Å². The number of aryl methyl sites for hydroxylation is 1. The summed E-state index contributed by atoms with van der Waals surface area (Å²) >= 11 is 0. The van der Waals surface area contributed by atoms with Gasteiger partial charge < -0.3 is 23.5 Å². The van der Waals surface area contributed by atoms with Gasteiger partial charge in [0.2, 0.25) is 0 Å². The van der Waals surface area contributed by atoms with E-state index in [2.05, 4.69) is 52.2 Å². The van der Waals surface area contributed by atoms with E-state index in [0.29, 0.717) is 31.3 Å². The van der Waals surface area contributed by atoms with Crippen molar-refractivity contribution in [3.63, 3.8) is 0 Å². The molecule has 7 heteroatoms. The lowest BCUT2D eigenvalue weighted by Gasteiger charge is -2.21. The van der Waals surface area contributed by atoms with Gasteiger partial charge >= 0.3 is 0 Å². The molecule has 3 aliphatic rings. The maximum absolute atomic E-state index is 5.89. The molecule has 0 spiro atoms. The zero-order chi connectivity index (χ0) is 23.9. The Kier molecular flexibility index (Phi) is 5.17. The van der Waals surface area contributed by atoms with E-state index in [1.54, 1.807) is 14.2 Å². The van der Waals surface area contributed by atoms with Crippen LogP contribution in [0, 0.1) is 6.92 Å². The maximum atomic E-state index is 5.89. The molecule has 3 aliphatic heterocycles. The van der Waals surface area contributed by atoms with Crippen LogP contribution in [0.25, 0.3) is 33.4 Å². The number of methoxy groups -OCH3 is 2. The molecule has 35 heavy (non-hydrogen) atoms. The highest BCUT2D eigenvalue weighted by molar-refractivity contribution is 5.99. The average Bonchev–Trinajstić information content (AvgIpc) is 3.32. The Hall–Kier alpha value is -4.26. The quantitative estimate of drug-likeness (QED) is 0.347. The van der Waals surface area contributed by atoms with Crippen LogP contribution < -0.4 is 18.9 Å². The molecule has 0 saturated carbocycles. The zero-order valence-electron chi connectivity index (χ0n) is 19.9. The van der Waals surface area contributed by atoms with E-state index in [0.717, 1.165) is 44.9 Å². The van der Waals surface area contributed by atoms with Crippen LogP contribution in [-0.2, 0) is 6.54 Å². The van der Waals surface area contributed by atoms with Gasteiger partial charge in [0.15, 0.2) is 23.0 Å². The van der Waals surface area contributed by atoms with Crippen LogP contribution in [0.5, 0.6) is 23.0 Å². The van der Waals surface area contributed by atoms with Crippen LogP contribution in [0.2, 0.25) is 0 Å². The van der Waals surface area contributed by atoms with E-state index in [1.165, 1.54) is 11.1 Å². The summed E-state index contributed by atoms with van der Waals surface area (Å²) in [6.45, 7) is 3.86. The number of pyridine rings is 1. The van der Waals surface area contributed by atoms with Crippen LogP contribution in [0.3, 0.4) is 0 Å². The summed E-state index contributed by atoms with van der Waals surface area (Å²) in [5.74, 6) is 2.80. The van der Waals surface area contributed by atoms with Gasteiger partial charge in [-0.3, -0.25) is 0 Å². The smallest absolute Gasteiger partial charge is 0.163 e. The van der Waals surface area contributed by atoms with Crippen molar-refractivity contribution in [3.8, 4) is 45.5 Å². The van der Waals surface area contributed by atoms with E-state index in [-0.39, 0.29) is 0 Å². The van der Waals surface area contributed by atoms with Crippen molar-refractivity contribution in [2.24, 2.45) is 0 Å². The molecule has 7 nitrogen and oxygen atoms in total. The third-order valence-corrected chi connectivity index (χ3v) is 6.40. The number of ether oxygens (including phenoxy) is 4. The van der Waals surface area contributed by atoms with Crippen molar-refractivity contribution in [2.45, 2.75) is 13.5 Å².